The Kier molecular flexibility index (Phi) is 15.7. The van der Waals surface area contributed by atoms with Crippen LogP contribution in [0.15, 0.2) is 103 Å². The Balaban J connectivity index is 1.97. The number of ether oxygens (including phenoxy) is 1. The molecule has 262 valence electrons. The standard InChI is InChI=1S/C35H50ClN6O5P/c1-7-8-15-28(4)35(29-16-11-9-12-17-29,30-18-13-10-14-19-30)42-24-31(47-32(25-42)39-34(44)40-33(43)27(2)3)26-46-48(36,45)38-21-20-37-22-23-41(5)6/h7,9-14,16-19,31-32,37H,1-2,4,8,15,20-26H2,3,5-6H3,(H,38,45)(H2,39,40,43,44)/p-1. The molecule has 1 aliphatic heterocycles. The van der Waals surface area contributed by atoms with Gasteiger partial charge in [-0.2, -0.15) is 0 Å². The zero-order chi connectivity index (χ0) is 35.2. The third kappa shape index (κ3) is 11.5. The van der Waals surface area contributed by atoms with Crippen LogP contribution in [0.4, 0.5) is 0 Å². The Morgan fingerprint density at radius 3 is 2.31 bits per heavy atom. The van der Waals surface area contributed by atoms with Crippen molar-refractivity contribution in [2.75, 3.05) is 60.0 Å². The lowest BCUT2D eigenvalue weighted by atomic mass is 9.73. The van der Waals surface area contributed by atoms with Crippen molar-refractivity contribution in [2.45, 2.75) is 37.6 Å². The summed E-state index contributed by atoms with van der Waals surface area (Å²) in [6.45, 7) is 12.7. The average molecular weight is 700 g/mol. The van der Waals surface area contributed by atoms with Crippen molar-refractivity contribution in [2.24, 2.45) is 4.99 Å². The Morgan fingerprint density at radius 1 is 1.12 bits per heavy atom. The van der Waals surface area contributed by atoms with Crippen molar-refractivity contribution in [3.8, 4) is 0 Å². The third-order valence-electron chi connectivity index (χ3n) is 7.80. The van der Waals surface area contributed by atoms with E-state index in [4.69, 9.17) is 20.5 Å². The molecule has 3 atom stereocenters. The normalized spacial score (nSPS) is 18.6. The van der Waals surface area contributed by atoms with Crippen LogP contribution in [0.1, 0.15) is 30.9 Å². The van der Waals surface area contributed by atoms with E-state index in [9.17, 15) is 14.5 Å². The van der Waals surface area contributed by atoms with Gasteiger partial charge in [0, 0.05) is 44.8 Å². The number of morpholine rings is 1. The summed E-state index contributed by atoms with van der Waals surface area (Å²) < 4.78 is 25.1. The Morgan fingerprint density at radius 2 is 1.75 bits per heavy atom. The van der Waals surface area contributed by atoms with E-state index in [0.29, 0.717) is 25.9 Å². The van der Waals surface area contributed by atoms with E-state index in [2.05, 4.69) is 50.2 Å². The van der Waals surface area contributed by atoms with Crippen molar-refractivity contribution in [3.05, 3.63) is 109 Å². The molecule has 48 heavy (non-hydrogen) atoms. The zero-order valence-corrected chi connectivity index (χ0v) is 29.8. The molecule has 1 aliphatic rings. The quantitative estimate of drug-likeness (QED) is 0.0498. The third-order valence-corrected chi connectivity index (χ3v) is 9.54. The monoisotopic (exact) mass is 699 g/mol. The molecule has 11 nitrogen and oxygen atoms in total. The van der Waals surface area contributed by atoms with Crippen LogP contribution in [0.5, 0.6) is 0 Å². The maximum Gasteiger partial charge on any atom is 0.360 e. The fourth-order valence-electron chi connectivity index (χ4n) is 5.53. The minimum Gasteiger partial charge on any atom is -0.846 e. The van der Waals surface area contributed by atoms with Crippen LogP contribution in [0.2, 0.25) is 0 Å². The van der Waals surface area contributed by atoms with Gasteiger partial charge in [-0.3, -0.25) is 19.3 Å². The maximum atomic E-state index is 13.2. The van der Waals surface area contributed by atoms with Gasteiger partial charge in [-0.15, -0.1) is 6.58 Å². The molecule has 1 fully saturated rings. The van der Waals surface area contributed by atoms with Gasteiger partial charge in [0.25, 0.3) is 5.91 Å². The summed E-state index contributed by atoms with van der Waals surface area (Å²) in [6.07, 6.45) is 1.44. The van der Waals surface area contributed by atoms with Crippen molar-refractivity contribution in [1.82, 2.24) is 25.5 Å². The second-order valence-corrected chi connectivity index (χ2v) is 14.8. The molecule has 13 heteroatoms. The first-order valence-corrected chi connectivity index (χ1v) is 18.5. The van der Waals surface area contributed by atoms with Crippen LogP contribution >= 0.6 is 18.1 Å². The van der Waals surface area contributed by atoms with Crippen molar-refractivity contribution < 1.29 is 23.7 Å². The number of amides is 1. The largest absolute Gasteiger partial charge is 0.846 e. The Labute approximate surface area is 290 Å². The molecule has 0 bridgehead atoms. The van der Waals surface area contributed by atoms with Crippen molar-refractivity contribution in [1.29, 1.82) is 0 Å². The number of likely N-dealkylation sites (N-methyl/N-ethyl adjacent to an activating group) is 1. The summed E-state index contributed by atoms with van der Waals surface area (Å²) in [5.41, 5.74) is 2.10. The molecule has 0 aliphatic carbocycles. The van der Waals surface area contributed by atoms with Crippen LogP contribution in [0.3, 0.4) is 0 Å². The van der Waals surface area contributed by atoms with Crippen LogP contribution in [-0.2, 0) is 24.2 Å². The number of hydrogen-bond acceptors (Lipinski definition) is 9. The van der Waals surface area contributed by atoms with Gasteiger partial charge in [-0.25, -0.2) is 5.09 Å². The summed E-state index contributed by atoms with van der Waals surface area (Å²) in [6, 6.07) is 19.1. The van der Waals surface area contributed by atoms with Crippen LogP contribution in [0.25, 0.3) is 0 Å². The number of amidine groups is 1. The molecule has 3 rings (SSSR count). The number of allylic oxidation sites excluding steroid dienone is 1. The van der Waals surface area contributed by atoms with Crippen molar-refractivity contribution >= 4 is 30.0 Å². The number of carbonyl (C=O) groups is 1. The number of hydrogen-bond donors (Lipinski definition) is 3. The number of benzene rings is 2. The van der Waals surface area contributed by atoms with Gasteiger partial charge in [0.1, 0.15) is 0 Å². The minimum absolute atomic E-state index is 0.157. The number of nitrogens with zero attached hydrogens (tertiary/aromatic N) is 3. The smallest absolute Gasteiger partial charge is 0.360 e. The SMILES string of the molecule is C=CCCC(=C)C(c1ccccc1)(c1ccccc1)N1CC(COP(=O)(Cl)NCCNCCN(C)C)OC(N=C([O-])NC(=O)C(=C)C)C1. The first-order chi connectivity index (χ1) is 22.9. The second-order valence-electron chi connectivity index (χ2n) is 11.9. The van der Waals surface area contributed by atoms with E-state index in [-0.39, 0.29) is 25.3 Å². The lowest BCUT2D eigenvalue weighted by molar-refractivity contribution is -0.224. The van der Waals surface area contributed by atoms with Crippen LogP contribution < -0.4 is 20.8 Å². The molecule has 0 aromatic heterocycles. The highest BCUT2D eigenvalue weighted by atomic mass is 35.7. The summed E-state index contributed by atoms with van der Waals surface area (Å²) in [5.74, 6) is -0.637. The summed E-state index contributed by atoms with van der Waals surface area (Å²) in [4.78, 5) is 20.6. The van der Waals surface area contributed by atoms with Gasteiger partial charge < -0.3 is 29.9 Å². The van der Waals surface area contributed by atoms with Gasteiger partial charge in [0.15, 0.2) is 6.23 Å². The summed E-state index contributed by atoms with van der Waals surface area (Å²) >= 11 is 6.31. The molecule has 2 aromatic carbocycles. The molecule has 0 radical (unpaired) electrons. The molecular formula is C35H49ClN6O5P-. The van der Waals surface area contributed by atoms with E-state index in [0.717, 1.165) is 29.8 Å². The Hall–Kier alpha value is -3.12. The van der Waals surface area contributed by atoms with E-state index in [1.807, 2.05) is 80.8 Å². The van der Waals surface area contributed by atoms with Gasteiger partial charge in [0.05, 0.1) is 24.3 Å². The van der Waals surface area contributed by atoms with E-state index >= 15 is 0 Å². The summed E-state index contributed by atoms with van der Waals surface area (Å²) in [5, 5.41) is 21.1. The molecule has 0 saturated carbocycles. The van der Waals surface area contributed by atoms with Crippen LogP contribution in [0, 0.1) is 0 Å². The number of aliphatic imine (C=N–C) groups is 1. The van der Waals surface area contributed by atoms with Gasteiger partial charge >= 0.3 is 6.87 Å². The zero-order valence-electron chi connectivity index (χ0n) is 28.2. The van der Waals surface area contributed by atoms with E-state index < -0.39 is 36.7 Å². The molecule has 0 spiro atoms. The molecular weight excluding hydrogens is 651 g/mol. The molecule has 3 N–H and O–H groups in total. The van der Waals surface area contributed by atoms with Crippen LogP contribution in [-0.4, -0.2) is 94.0 Å². The maximum absolute atomic E-state index is 13.2. The first-order valence-electron chi connectivity index (χ1n) is 16.0. The molecule has 2 aromatic rings. The topological polar surface area (TPSA) is 131 Å². The van der Waals surface area contributed by atoms with Crippen molar-refractivity contribution in [3.63, 3.8) is 0 Å². The van der Waals surface area contributed by atoms with Gasteiger partial charge in [-0.1, -0.05) is 79.9 Å². The molecule has 1 heterocycles. The fourth-order valence-corrected chi connectivity index (χ4v) is 6.78. The highest BCUT2D eigenvalue weighted by Crippen LogP contribution is 2.49. The highest BCUT2D eigenvalue weighted by molar-refractivity contribution is 7.83. The molecule has 3 unspecified atom stereocenters. The first kappa shape index (κ1) is 39.3. The second kappa shape index (κ2) is 19.2. The predicted molar refractivity (Wildman–Crippen MR) is 192 cm³/mol. The Bertz CT molecular complexity index is 1400. The van der Waals surface area contributed by atoms with Gasteiger partial charge in [-0.05, 0) is 61.8 Å². The average Bonchev–Trinajstić information content (AvgIpc) is 3.05. The summed E-state index contributed by atoms with van der Waals surface area (Å²) in [7, 11) is 3.98. The lowest BCUT2D eigenvalue weighted by Gasteiger charge is -2.51. The highest BCUT2D eigenvalue weighted by Gasteiger charge is 2.46. The number of rotatable bonds is 19. The minimum atomic E-state index is -3.73. The predicted octanol–water partition coefficient (Wildman–Crippen LogP) is 3.99. The number of carbonyl (C=O) groups excluding carboxylic acids is 1. The van der Waals surface area contributed by atoms with E-state index in [1.54, 1.807) is 0 Å². The fraction of sp³-hybridized carbons (Fsp3) is 0.429. The number of halogens is 1. The lowest BCUT2D eigenvalue weighted by Crippen LogP contribution is -2.59. The number of nitrogens with one attached hydrogen (secondary N) is 3. The van der Waals surface area contributed by atoms with E-state index in [1.165, 1.54) is 6.92 Å². The van der Waals surface area contributed by atoms with Gasteiger partial charge in [0.2, 0.25) is 0 Å². The molecule has 1 saturated heterocycles. The molecule has 1 amide bonds.